The molecule has 5 heteroatoms. The highest BCUT2D eigenvalue weighted by Crippen LogP contribution is 2.22. The number of halogens is 1. The van der Waals surface area contributed by atoms with Crippen molar-refractivity contribution in [1.82, 2.24) is 9.80 Å². The molecule has 1 aliphatic rings. The monoisotopic (exact) mass is 292 g/mol. The van der Waals surface area contributed by atoms with E-state index in [0.29, 0.717) is 31.6 Å². The average Bonchev–Trinajstić information content (AvgIpc) is 2.79. The fourth-order valence-corrected chi connectivity index (χ4v) is 2.64. The van der Waals surface area contributed by atoms with Crippen LogP contribution in [0.5, 0.6) is 0 Å². The first-order chi connectivity index (χ1) is 9.89. The third-order valence-electron chi connectivity index (χ3n) is 3.57. The van der Waals surface area contributed by atoms with Crippen LogP contribution in [-0.4, -0.2) is 60.1 Å². The highest BCUT2D eigenvalue weighted by Gasteiger charge is 2.37. The Morgan fingerprint density at radius 1 is 1.48 bits per heavy atom. The van der Waals surface area contributed by atoms with E-state index in [1.54, 1.807) is 23.1 Å². The summed E-state index contributed by atoms with van der Waals surface area (Å²) in [5.41, 5.74) is -0.473. The normalized spacial score (nSPS) is 22.4. The second kappa shape index (κ2) is 6.37. The molecule has 114 valence electrons. The number of hydrogen-bond donors (Lipinski definition) is 1. The Balaban J connectivity index is 1.98. The van der Waals surface area contributed by atoms with Gasteiger partial charge in [0, 0.05) is 24.7 Å². The lowest BCUT2D eigenvalue weighted by atomic mass is 10.0. The minimum absolute atomic E-state index is 0.201. The number of aliphatic hydroxyl groups is 1. The van der Waals surface area contributed by atoms with Gasteiger partial charge in [0.1, 0.15) is 5.82 Å². The maximum absolute atomic E-state index is 13.5. The summed E-state index contributed by atoms with van der Waals surface area (Å²) in [5.74, 6) is -0.556. The first-order valence-corrected chi connectivity index (χ1v) is 6.98. The third kappa shape index (κ3) is 4.12. The SMILES string of the molecule is CN(C)CC1(O)CCN(C(=O)/C=C/c2ccccc2F)C1. The molecule has 1 aromatic rings. The number of likely N-dealkylation sites (N-methyl/N-ethyl adjacent to an activating group) is 1. The van der Waals surface area contributed by atoms with E-state index in [1.807, 2.05) is 19.0 Å². The van der Waals surface area contributed by atoms with E-state index >= 15 is 0 Å². The van der Waals surface area contributed by atoms with Gasteiger partial charge in [-0.3, -0.25) is 4.79 Å². The van der Waals surface area contributed by atoms with Crippen molar-refractivity contribution in [3.05, 3.63) is 41.7 Å². The van der Waals surface area contributed by atoms with Gasteiger partial charge in [-0.15, -0.1) is 0 Å². The lowest BCUT2D eigenvalue weighted by Gasteiger charge is -2.26. The quantitative estimate of drug-likeness (QED) is 0.852. The van der Waals surface area contributed by atoms with E-state index in [2.05, 4.69) is 0 Å². The van der Waals surface area contributed by atoms with Gasteiger partial charge in [0.25, 0.3) is 0 Å². The highest BCUT2D eigenvalue weighted by molar-refractivity contribution is 5.92. The molecule has 1 fully saturated rings. The van der Waals surface area contributed by atoms with Crippen molar-refractivity contribution >= 4 is 12.0 Å². The number of carbonyl (C=O) groups is 1. The largest absolute Gasteiger partial charge is 0.387 e. The van der Waals surface area contributed by atoms with Crippen LogP contribution in [0.3, 0.4) is 0 Å². The van der Waals surface area contributed by atoms with Gasteiger partial charge in [-0.05, 0) is 32.7 Å². The maximum atomic E-state index is 13.5. The van der Waals surface area contributed by atoms with E-state index in [4.69, 9.17) is 0 Å². The number of β-amino-alcohol motifs (C(OH)–C–C–N with tert-alkyl or cyclic N) is 1. The van der Waals surface area contributed by atoms with Crippen LogP contribution in [0.1, 0.15) is 12.0 Å². The van der Waals surface area contributed by atoms with Crippen LogP contribution in [0.2, 0.25) is 0 Å². The molecule has 2 rings (SSSR count). The summed E-state index contributed by atoms with van der Waals surface area (Å²) >= 11 is 0. The van der Waals surface area contributed by atoms with Crippen molar-refractivity contribution in [1.29, 1.82) is 0 Å². The smallest absolute Gasteiger partial charge is 0.246 e. The molecule has 1 atom stereocenters. The summed E-state index contributed by atoms with van der Waals surface area (Å²) < 4.78 is 13.5. The standard InChI is InChI=1S/C16H21FN2O2/c1-18(2)11-16(21)9-10-19(12-16)15(20)8-7-13-5-3-4-6-14(13)17/h3-8,21H,9-12H2,1-2H3/b8-7+. The number of carbonyl (C=O) groups excluding carboxylic acids is 1. The van der Waals surface area contributed by atoms with Gasteiger partial charge in [0.2, 0.25) is 5.91 Å². The van der Waals surface area contributed by atoms with Crippen LogP contribution in [-0.2, 0) is 4.79 Å². The van der Waals surface area contributed by atoms with E-state index in [0.717, 1.165) is 0 Å². The lowest BCUT2D eigenvalue weighted by molar-refractivity contribution is -0.126. The van der Waals surface area contributed by atoms with Gasteiger partial charge < -0.3 is 14.9 Å². The zero-order chi connectivity index (χ0) is 15.5. The van der Waals surface area contributed by atoms with E-state index in [9.17, 15) is 14.3 Å². The Morgan fingerprint density at radius 2 is 2.19 bits per heavy atom. The van der Waals surface area contributed by atoms with Crippen LogP contribution >= 0.6 is 0 Å². The Labute approximate surface area is 124 Å². The predicted molar refractivity (Wildman–Crippen MR) is 80.1 cm³/mol. The Hall–Kier alpha value is -1.72. The first kappa shape index (κ1) is 15.7. The van der Waals surface area contributed by atoms with Gasteiger partial charge in [-0.1, -0.05) is 18.2 Å². The molecule has 1 heterocycles. The summed E-state index contributed by atoms with van der Waals surface area (Å²) in [6, 6.07) is 6.30. The molecule has 0 saturated carbocycles. The van der Waals surface area contributed by atoms with E-state index in [1.165, 1.54) is 18.2 Å². The summed E-state index contributed by atoms with van der Waals surface area (Å²) in [7, 11) is 3.78. The molecule has 21 heavy (non-hydrogen) atoms. The number of amides is 1. The second-order valence-corrected chi connectivity index (χ2v) is 5.83. The molecule has 1 aliphatic heterocycles. The minimum atomic E-state index is -0.856. The average molecular weight is 292 g/mol. The summed E-state index contributed by atoms with van der Waals surface area (Å²) in [5, 5.41) is 10.4. The molecular formula is C16H21FN2O2. The van der Waals surface area contributed by atoms with E-state index in [-0.39, 0.29) is 11.7 Å². The molecule has 1 aromatic carbocycles. The van der Waals surface area contributed by atoms with Crippen LogP contribution in [0, 0.1) is 5.82 Å². The number of rotatable bonds is 4. The Morgan fingerprint density at radius 3 is 2.86 bits per heavy atom. The van der Waals surface area contributed by atoms with Crippen LogP contribution < -0.4 is 0 Å². The van der Waals surface area contributed by atoms with Gasteiger partial charge in [0.15, 0.2) is 0 Å². The first-order valence-electron chi connectivity index (χ1n) is 6.98. The molecule has 4 nitrogen and oxygen atoms in total. The Bertz CT molecular complexity index is 545. The highest BCUT2D eigenvalue weighted by atomic mass is 19.1. The Kier molecular flexibility index (Phi) is 4.75. The van der Waals surface area contributed by atoms with Crippen molar-refractivity contribution in [2.75, 3.05) is 33.7 Å². The van der Waals surface area contributed by atoms with Crippen molar-refractivity contribution in [3.8, 4) is 0 Å². The van der Waals surface area contributed by atoms with Gasteiger partial charge in [-0.2, -0.15) is 0 Å². The number of nitrogens with zero attached hydrogens (tertiary/aromatic N) is 2. The van der Waals surface area contributed by atoms with E-state index < -0.39 is 5.60 Å². The second-order valence-electron chi connectivity index (χ2n) is 5.83. The molecular weight excluding hydrogens is 271 g/mol. The fourth-order valence-electron chi connectivity index (χ4n) is 2.64. The molecule has 0 aliphatic carbocycles. The van der Waals surface area contributed by atoms with Gasteiger partial charge in [-0.25, -0.2) is 4.39 Å². The molecule has 1 N–H and O–H groups in total. The molecule has 0 radical (unpaired) electrons. The number of benzene rings is 1. The molecule has 0 spiro atoms. The van der Waals surface area contributed by atoms with Crippen LogP contribution in [0.15, 0.2) is 30.3 Å². The van der Waals surface area contributed by atoms with Crippen LogP contribution in [0.4, 0.5) is 4.39 Å². The zero-order valence-corrected chi connectivity index (χ0v) is 12.4. The topological polar surface area (TPSA) is 43.8 Å². The van der Waals surface area contributed by atoms with Gasteiger partial charge >= 0.3 is 0 Å². The summed E-state index contributed by atoms with van der Waals surface area (Å²) in [6.07, 6.45) is 3.39. The third-order valence-corrected chi connectivity index (χ3v) is 3.57. The minimum Gasteiger partial charge on any atom is -0.387 e. The molecule has 1 amide bonds. The maximum Gasteiger partial charge on any atom is 0.246 e. The van der Waals surface area contributed by atoms with Crippen molar-refractivity contribution < 1.29 is 14.3 Å². The lowest BCUT2D eigenvalue weighted by Crippen LogP contribution is -2.43. The van der Waals surface area contributed by atoms with Crippen molar-refractivity contribution in [3.63, 3.8) is 0 Å². The molecule has 1 unspecified atom stereocenters. The molecule has 0 aromatic heterocycles. The number of hydrogen-bond acceptors (Lipinski definition) is 3. The van der Waals surface area contributed by atoms with Crippen molar-refractivity contribution in [2.24, 2.45) is 0 Å². The fraction of sp³-hybridized carbons (Fsp3) is 0.438. The number of likely N-dealkylation sites (tertiary alicyclic amines) is 1. The molecule has 1 saturated heterocycles. The van der Waals surface area contributed by atoms with Crippen molar-refractivity contribution in [2.45, 2.75) is 12.0 Å². The zero-order valence-electron chi connectivity index (χ0n) is 12.4. The summed E-state index contributed by atoms with van der Waals surface area (Å²) in [4.78, 5) is 15.6. The van der Waals surface area contributed by atoms with Crippen LogP contribution in [0.25, 0.3) is 6.08 Å². The molecule has 0 bridgehead atoms. The van der Waals surface area contributed by atoms with Gasteiger partial charge in [0.05, 0.1) is 12.1 Å². The summed E-state index contributed by atoms with van der Waals surface area (Å²) in [6.45, 7) is 1.35. The predicted octanol–water partition coefficient (Wildman–Crippen LogP) is 1.36.